The Morgan fingerprint density at radius 2 is 1.12 bits per heavy atom. The zero-order valence-corrected chi connectivity index (χ0v) is 16.8. The molecule has 0 aliphatic heterocycles. The molecule has 0 aliphatic carbocycles. The normalized spacial score (nSPS) is 12.6. The molecule has 0 radical (unpaired) electrons. The van der Waals surface area contributed by atoms with Crippen molar-refractivity contribution in [3.63, 3.8) is 0 Å². The van der Waals surface area contributed by atoms with Crippen LogP contribution in [0.1, 0.15) is 78.4 Å². The first kappa shape index (κ1) is 21.2. The van der Waals surface area contributed by atoms with E-state index in [1.165, 1.54) is 24.0 Å². The summed E-state index contributed by atoms with van der Waals surface area (Å²) in [6.45, 7) is 16.7. The van der Waals surface area contributed by atoms with Crippen LogP contribution in [0.3, 0.4) is 0 Å². The first-order chi connectivity index (χ1) is 11.2. The Morgan fingerprint density at radius 1 is 0.708 bits per heavy atom. The molecule has 2 nitrogen and oxygen atoms in total. The molecule has 0 amide bonds. The molecule has 1 rings (SSSR count). The molecule has 138 valence electrons. The number of rotatable bonds is 10. The van der Waals surface area contributed by atoms with Crippen LogP contribution in [0.2, 0.25) is 0 Å². The summed E-state index contributed by atoms with van der Waals surface area (Å²) < 4.78 is 11.6. The summed E-state index contributed by atoms with van der Waals surface area (Å²) in [7, 11) is 0. The summed E-state index contributed by atoms with van der Waals surface area (Å²) in [4.78, 5) is 0. The largest absolute Gasteiger partial charge is 0.377 e. The fourth-order valence-electron chi connectivity index (χ4n) is 2.60. The van der Waals surface area contributed by atoms with Crippen molar-refractivity contribution < 1.29 is 9.47 Å². The third kappa shape index (κ3) is 11.6. The van der Waals surface area contributed by atoms with Crippen molar-refractivity contribution in [2.75, 3.05) is 13.2 Å². The standard InChI is InChI=1S/C22H38O2/c1-21(2,3)12-8-14-23-17-19-10-7-11-20(16-19)18-24-15-9-13-22(4,5)6/h7,10-11,16H,8-9,12-15,17-18H2,1-6H3. The van der Waals surface area contributed by atoms with E-state index in [-0.39, 0.29) is 0 Å². The molecule has 0 saturated carbocycles. The van der Waals surface area contributed by atoms with Crippen LogP contribution in [0.5, 0.6) is 0 Å². The van der Waals surface area contributed by atoms with Crippen LogP contribution < -0.4 is 0 Å². The highest BCUT2D eigenvalue weighted by Gasteiger charge is 2.09. The van der Waals surface area contributed by atoms with E-state index >= 15 is 0 Å². The molecule has 0 N–H and O–H groups in total. The molecule has 1 aromatic rings. The van der Waals surface area contributed by atoms with Crippen molar-refractivity contribution in [1.29, 1.82) is 0 Å². The molecule has 0 heterocycles. The lowest BCUT2D eigenvalue weighted by molar-refractivity contribution is 0.106. The molecule has 0 atom stereocenters. The number of ether oxygens (including phenoxy) is 2. The van der Waals surface area contributed by atoms with Crippen molar-refractivity contribution in [1.82, 2.24) is 0 Å². The lowest BCUT2D eigenvalue weighted by atomic mass is 9.91. The molecule has 0 unspecified atom stereocenters. The molecular weight excluding hydrogens is 296 g/mol. The van der Waals surface area contributed by atoms with Gasteiger partial charge < -0.3 is 9.47 Å². The third-order valence-electron chi connectivity index (χ3n) is 3.96. The van der Waals surface area contributed by atoms with E-state index in [4.69, 9.17) is 9.47 Å². The monoisotopic (exact) mass is 334 g/mol. The molecule has 0 aromatic heterocycles. The minimum atomic E-state index is 0.396. The lowest BCUT2D eigenvalue weighted by Gasteiger charge is -2.17. The first-order valence-corrected chi connectivity index (χ1v) is 9.39. The Kier molecular flexibility index (Phi) is 9.01. The third-order valence-corrected chi connectivity index (χ3v) is 3.96. The Labute approximate surface area is 149 Å². The van der Waals surface area contributed by atoms with E-state index < -0.39 is 0 Å². The minimum absolute atomic E-state index is 0.396. The fourth-order valence-corrected chi connectivity index (χ4v) is 2.60. The van der Waals surface area contributed by atoms with E-state index in [1.807, 2.05) is 0 Å². The Hall–Kier alpha value is -0.860. The van der Waals surface area contributed by atoms with Crippen LogP contribution in [-0.2, 0) is 22.7 Å². The van der Waals surface area contributed by atoms with Crippen LogP contribution in [0, 0.1) is 10.8 Å². The van der Waals surface area contributed by atoms with Crippen LogP contribution in [0.4, 0.5) is 0 Å². The summed E-state index contributed by atoms with van der Waals surface area (Å²) in [6.07, 6.45) is 4.66. The number of benzene rings is 1. The van der Waals surface area contributed by atoms with Crippen molar-refractivity contribution in [2.45, 2.75) is 80.4 Å². The Morgan fingerprint density at radius 3 is 1.50 bits per heavy atom. The van der Waals surface area contributed by atoms with Crippen molar-refractivity contribution in [3.8, 4) is 0 Å². The molecule has 0 aliphatic rings. The van der Waals surface area contributed by atoms with Gasteiger partial charge in [0.1, 0.15) is 0 Å². The molecule has 24 heavy (non-hydrogen) atoms. The van der Waals surface area contributed by atoms with Gasteiger partial charge in [0, 0.05) is 13.2 Å². The Balaban J connectivity index is 2.21. The van der Waals surface area contributed by atoms with Gasteiger partial charge in [-0.2, -0.15) is 0 Å². The number of hydrogen-bond donors (Lipinski definition) is 0. The van der Waals surface area contributed by atoms with Gasteiger partial charge in [0.05, 0.1) is 13.2 Å². The molecule has 0 saturated heterocycles. The number of hydrogen-bond acceptors (Lipinski definition) is 2. The maximum absolute atomic E-state index is 5.81. The Bertz CT molecular complexity index is 413. The molecule has 1 aromatic carbocycles. The van der Waals surface area contributed by atoms with Gasteiger partial charge in [0.25, 0.3) is 0 Å². The second-order valence-electron chi connectivity index (χ2n) is 9.25. The van der Waals surface area contributed by atoms with Crippen LogP contribution >= 0.6 is 0 Å². The van der Waals surface area contributed by atoms with Gasteiger partial charge in [-0.05, 0) is 47.6 Å². The zero-order chi connectivity index (χ0) is 18.1. The first-order valence-electron chi connectivity index (χ1n) is 9.39. The van der Waals surface area contributed by atoms with E-state index in [1.54, 1.807) is 0 Å². The van der Waals surface area contributed by atoms with Gasteiger partial charge in [0.2, 0.25) is 0 Å². The highest BCUT2D eigenvalue weighted by Crippen LogP contribution is 2.21. The van der Waals surface area contributed by atoms with E-state index in [2.05, 4.69) is 65.8 Å². The average Bonchev–Trinajstić information content (AvgIpc) is 2.44. The van der Waals surface area contributed by atoms with Crippen LogP contribution in [-0.4, -0.2) is 13.2 Å². The molecular formula is C22H38O2. The second kappa shape index (κ2) is 10.2. The molecule has 0 spiro atoms. The molecule has 2 heteroatoms. The SMILES string of the molecule is CC(C)(C)CCCOCc1cccc(COCCCC(C)(C)C)c1. The van der Waals surface area contributed by atoms with Gasteiger partial charge in [0.15, 0.2) is 0 Å². The van der Waals surface area contributed by atoms with E-state index in [0.29, 0.717) is 24.0 Å². The predicted octanol–water partition coefficient (Wildman–Crippen LogP) is 6.37. The van der Waals surface area contributed by atoms with Crippen molar-refractivity contribution in [3.05, 3.63) is 35.4 Å². The smallest absolute Gasteiger partial charge is 0.0716 e. The molecule has 0 fully saturated rings. The van der Waals surface area contributed by atoms with Crippen molar-refractivity contribution >= 4 is 0 Å². The summed E-state index contributed by atoms with van der Waals surface area (Å²) >= 11 is 0. The van der Waals surface area contributed by atoms with Gasteiger partial charge >= 0.3 is 0 Å². The van der Waals surface area contributed by atoms with Crippen molar-refractivity contribution in [2.24, 2.45) is 10.8 Å². The highest BCUT2D eigenvalue weighted by molar-refractivity contribution is 5.22. The van der Waals surface area contributed by atoms with Gasteiger partial charge in [-0.25, -0.2) is 0 Å². The van der Waals surface area contributed by atoms with Gasteiger partial charge in [-0.15, -0.1) is 0 Å². The second-order valence-corrected chi connectivity index (χ2v) is 9.25. The predicted molar refractivity (Wildman–Crippen MR) is 103 cm³/mol. The summed E-state index contributed by atoms with van der Waals surface area (Å²) in [6, 6.07) is 8.56. The van der Waals surface area contributed by atoms with Crippen LogP contribution in [0.25, 0.3) is 0 Å². The minimum Gasteiger partial charge on any atom is -0.377 e. The highest BCUT2D eigenvalue weighted by atomic mass is 16.5. The van der Waals surface area contributed by atoms with Gasteiger partial charge in [-0.1, -0.05) is 65.8 Å². The quantitative estimate of drug-likeness (QED) is 0.463. The topological polar surface area (TPSA) is 18.5 Å². The maximum Gasteiger partial charge on any atom is 0.0716 e. The molecule has 0 bridgehead atoms. The summed E-state index contributed by atoms with van der Waals surface area (Å²) in [5, 5.41) is 0. The van der Waals surface area contributed by atoms with E-state index in [9.17, 15) is 0 Å². The zero-order valence-electron chi connectivity index (χ0n) is 16.8. The van der Waals surface area contributed by atoms with Gasteiger partial charge in [-0.3, -0.25) is 0 Å². The maximum atomic E-state index is 5.81. The van der Waals surface area contributed by atoms with E-state index in [0.717, 1.165) is 26.1 Å². The average molecular weight is 335 g/mol. The fraction of sp³-hybridized carbons (Fsp3) is 0.727. The van der Waals surface area contributed by atoms with Crippen LogP contribution in [0.15, 0.2) is 24.3 Å². The summed E-state index contributed by atoms with van der Waals surface area (Å²) in [5.74, 6) is 0. The lowest BCUT2D eigenvalue weighted by Crippen LogP contribution is -2.07. The summed E-state index contributed by atoms with van der Waals surface area (Å²) in [5.41, 5.74) is 3.27.